The summed E-state index contributed by atoms with van der Waals surface area (Å²) in [6.07, 6.45) is 1.59. The molecule has 2 aromatic carbocycles. The zero-order valence-corrected chi connectivity index (χ0v) is 17.9. The Labute approximate surface area is 193 Å². The molecule has 1 aliphatic heterocycles. The summed E-state index contributed by atoms with van der Waals surface area (Å²) in [4.78, 5) is 28.8. The van der Waals surface area contributed by atoms with Crippen LogP contribution >= 0.6 is 0 Å². The lowest BCUT2D eigenvalue weighted by molar-refractivity contribution is -0.118. The van der Waals surface area contributed by atoms with Gasteiger partial charge in [-0.3, -0.25) is 9.59 Å². The standard InChI is InChI=1S/C23H21N7O4/c24-15-7-13(1-3-18(15)31)10-25-21-9-17(28-20-5-6-27-30(20)21)23(33)26-11-14-2-4-19-16(8-14)29-22(32)12-34-19/h1-9,25,31H,10-12,24H2,(H,26,33)(H,29,32). The Hall–Kier alpha value is -4.80. The van der Waals surface area contributed by atoms with Crippen LogP contribution in [0.3, 0.4) is 0 Å². The summed E-state index contributed by atoms with van der Waals surface area (Å²) in [5, 5.41) is 22.7. The minimum atomic E-state index is -0.362. The molecular weight excluding hydrogens is 438 g/mol. The molecule has 0 saturated carbocycles. The second-order valence-corrected chi connectivity index (χ2v) is 7.72. The van der Waals surface area contributed by atoms with Crippen molar-refractivity contribution >= 4 is 34.7 Å². The molecule has 0 radical (unpaired) electrons. The average Bonchev–Trinajstić information content (AvgIpc) is 3.31. The van der Waals surface area contributed by atoms with Gasteiger partial charge in [0.25, 0.3) is 11.8 Å². The fourth-order valence-electron chi connectivity index (χ4n) is 3.57. The lowest BCUT2D eigenvalue weighted by Crippen LogP contribution is -2.26. The molecule has 2 amide bonds. The van der Waals surface area contributed by atoms with Gasteiger partial charge in [-0.05, 0) is 35.4 Å². The molecule has 11 heteroatoms. The lowest BCUT2D eigenvalue weighted by atomic mass is 10.1. The first-order valence-corrected chi connectivity index (χ1v) is 10.5. The van der Waals surface area contributed by atoms with E-state index >= 15 is 0 Å². The van der Waals surface area contributed by atoms with E-state index in [-0.39, 0.29) is 42.1 Å². The number of anilines is 3. The Morgan fingerprint density at radius 1 is 1.15 bits per heavy atom. The zero-order valence-electron chi connectivity index (χ0n) is 17.9. The van der Waals surface area contributed by atoms with Gasteiger partial charge in [0.05, 0.1) is 17.6 Å². The maximum Gasteiger partial charge on any atom is 0.270 e. The second kappa shape index (κ2) is 8.62. The third-order valence-electron chi connectivity index (χ3n) is 5.29. The molecule has 0 bridgehead atoms. The summed E-state index contributed by atoms with van der Waals surface area (Å²) in [5.74, 6) is 0.602. The first-order valence-electron chi connectivity index (χ1n) is 10.5. The van der Waals surface area contributed by atoms with Crippen molar-refractivity contribution in [2.45, 2.75) is 13.1 Å². The van der Waals surface area contributed by atoms with Crippen LogP contribution in [0.2, 0.25) is 0 Å². The Balaban J connectivity index is 1.31. The van der Waals surface area contributed by atoms with Crippen molar-refractivity contribution in [2.75, 3.05) is 23.0 Å². The number of aromatic nitrogens is 3. The van der Waals surface area contributed by atoms with Gasteiger partial charge < -0.3 is 31.5 Å². The number of nitrogens with zero attached hydrogens (tertiary/aromatic N) is 3. The lowest BCUT2D eigenvalue weighted by Gasteiger charge is -2.18. The van der Waals surface area contributed by atoms with Crippen molar-refractivity contribution in [1.29, 1.82) is 0 Å². The molecule has 34 heavy (non-hydrogen) atoms. The van der Waals surface area contributed by atoms with Crippen molar-refractivity contribution in [3.63, 3.8) is 0 Å². The largest absolute Gasteiger partial charge is 0.506 e. The number of benzene rings is 2. The van der Waals surface area contributed by atoms with Gasteiger partial charge in [0, 0.05) is 25.2 Å². The summed E-state index contributed by atoms with van der Waals surface area (Å²) in [7, 11) is 0. The van der Waals surface area contributed by atoms with Crippen molar-refractivity contribution in [2.24, 2.45) is 0 Å². The molecule has 0 spiro atoms. The van der Waals surface area contributed by atoms with E-state index in [1.807, 2.05) is 6.07 Å². The Bertz CT molecular complexity index is 1420. The topological polar surface area (TPSA) is 156 Å². The second-order valence-electron chi connectivity index (χ2n) is 7.72. The summed E-state index contributed by atoms with van der Waals surface area (Å²) < 4.78 is 6.95. The first-order chi connectivity index (χ1) is 16.5. The highest BCUT2D eigenvalue weighted by Gasteiger charge is 2.17. The number of nitrogens with one attached hydrogen (secondary N) is 3. The fourth-order valence-corrected chi connectivity index (χ4v) is 3.57. The average molecular weight is 459 g/mol. The summed E-state index contributed by atoms with van der Waals surface area (Å²) in [5.41, 5.74) is 9.00. The number of nitrogen functional groups attached to an aromatic ring is 1. The molecule has 0 aliphatic carbocycles. The van der Waals surface area contributed by atoms with Gasteiger partial charge in [0.15, 0.2) is 12.3 Å². The highest BCUT2D eigenvalue weighted by molar-refractivity contribution is 5.95. The summed E-state index contributed by atoms with van der Waals surface area (Å²) in [6, 6.07) is 13.6. The third-order valence-corrected chi connectivity index (χ3v) is 5.29. The van der Waals surface area contributed by atoms with E-state index in [0.717, 1.165) is 11.1 Å². The summed E-state index contributed by atoms with van der Waals surface area (Å²) in [6.45, 7) is 0.624. The van der Waals surface area contributed by atoms with E-state index in [9.17, 15) is 14.7 Å². The minimum absolute atomic E-state index is 0.0116. The molecule has 0 unspecified atom stereocenters. The number of carbonyl (C=O) groups is 2. The monoisotopic (exact) mass is 459 g/mol. The molecular formula is C23H21N7O4. The molecule has 172 valence electrons. The molecule has 11 nitrogen and oxygen atoms in total. The number of hydrogen-bond donors (Lipinski definition) is 5. The van der Waals surface area contributed by atoms with Crippen LogP contribution in [0.5, 0.6) is 11.5 Å². The number of rotatable bonds is 6. The Morgan fingerprint density at radius 2 is 1.97 bits per heavy atom. The maximum atomic E-state index is 12.9. The van der Waals surface area contributed by atoms with Gasteiger partial charge in [0.1, 0.15) is 23.0 Å². The van der Waals surface area contributed by atoms with Gasteiger partial charge in [0.2, 0.25) is 0 Å². The molecule has 0 saturated heterocycles. The Kier molecular flexibility index (Phi) is 5.34. The third kappa shape index (κ3) is 4.26. The van der Waals surface area contributed by atoms with Crippen molar-refractivity contribution in [1.82, 2.24) is 19.9 Å². The van der Waals surface area contributed by atoms with Crippen LogP contribution in [0.15, 0.2) is 54.7 Å². The first kappa shape index (κ1) is 21.1. The zero-order chi connectivity index (χ0) is 23.7. The number of hydrogen-bond acceptors (Lipinski definition) is 8. The molecule has 0 fully saturated rings. The number of phenols is 1. The van der Waals surface area contributed by atoms with Gasteiger partial charge >= 0.3 is 0 Å². The van der Waals surface area contributed by atoms with E-state index in [1.54, 1.807) is 47.1 Å². The number of nitrogens with two attached hydrogens (primary N) is 1. The Morgan fingerprint density at radius 3 is 2.82 bits per heavy atom. The number of carbonyl (C=O) groups excluding carboxylic acids is 2. The van der Waals surface area contributed by atoms with Crippen LogP contribution in [0, 0.1) is 0 Å². The van der Waals surface area contributed by atoms with Gasteiger partial charge in [-0.1, -0.05) is 12.1 Å². The maximum absolute atomic E-state index is 12.9. The van der Waals surface area contributed by atoms with Crippen LogP contribution in [0.4, 0.5) is 17.2 Å². The quantitative estimate of drug-likeness (QED) is 0.216. The predicted molar refractivity (Wildman–Crippen MR) is 125 cm³/mol. The van der Waals surface area contributed by atoms with E-state index < -0.39 is 0 Å². The molecule has 1 aliphatic rings. The van der Waals surface area contributed by atoms with Crippen molar-refractivity contribution < 1.29 is 19.4 Å². The number of fused-ring (bicyclic) bond motifs is 2. The highest BCUT2D eigenvalue weighted by atomic mass is 16.5. The molecule has 3 heterocycles. The number of amides is 2. The van der Waals surface area contributed by atoms with Crippen LogP contribution in [-0.2, 0) is 17.9 Å². The molecule has 4 aromatic rings. The number of aromatic hydroxyl groups is 1. The van der Waals surface area contributed by atoms with Crippen LogP contribution < -0.4 is 26.4 Å². The molecule has 0 atom stereocenters. The van der Waals surface area contributed by atoms with Gasteiger partial charge in [-0.15, -0.1) is 0 Å². The highest BCUT2D eigenvalue weighted by Crippen LogP contribution is 2.28. The van der Waals surface area contributed by atoms with E-state index in [2.05, 4.69) is 26.0 Å². The SMILES string of the molecule is Nc1cc(CNc2cc(C(=O)NCc3ccc4c(c3)NC(=O)CO4)nc3ccnn23)ccc1O. The van der Waals surface area contributed by atoms with Gasteiger partial charge in [-0.2, -0.15) is 9.61 Å². The van der Waals surface area contributed by atoms with E-state index in [4.69, 9.17) is 10.5 Å². The predicted octanol–water partition coefficient (Wildman–Crippen LogP) is 1.89. The van der Waals surface area contributed by atoms with Gasteiger partial charge in [-0.25, -0.2) is 4.98 Å². The normalized spacial score (nSPS) is 12.5. The number of ether oxygens (including phenoxy) is 1. The molecule has 6 N–H and O–H groups in total. The molecule has 2 aromatic heterocycles. The van der Waals surface area contributed by atoms with E-state index in [1.165, 1.54) is 6.07 Å². The van der Waals surface area contributed by atoms with Crippen molar-refractivity contribution in [3.05, 3.63) is 71.5 Å². The number of phenolic OH excluding ortho intramolecular Hbond substituents is 1. The van der Waals surface area contributed by atoms with Crippen molar-refractivity contribution in [3.8, 4) is 11.5 Å². The van der Waals surface area contributed by atoms with Crippen LogP contribution in [0.1, 0.15) is 21.6 Å². The van der Waals surface area contributed by atoms with Crippen LogP contribution in [-0.4, -0.2) is 38.1 Å². The minimum Gasteiger partial charge on any atom is -0.506 e. The fraction of sp³-hybridized carbons (Fsp3) is 0.130. The van der Waals surface area contributed by atoms with E-state index in [0.29, 0.717) is 29.4 Å². The smallest absolute Gasteiger partial charge is 0.270 e. The molecule has 5 rings (SSSR count). The summed E-state index contributed by atoms with van der Waals surface area (Å²) >= 11 is 0. The van der Waals surface area contributed by atoms with Crippen LogP contribution in [0.25, 0.3) is 5.65 Å².